The Labute approximate surface area is 299 Å². The molecule has 1 aromatic heterocycles. The minimum atomic E-state index is -1.49. The quantitative estimate of drug-likeness (QED) is 0.179. The summed E-state index contributed by atoms with van der Waals surface area (Å²) >= 11 is 0. The number of nitrogens with one attached hydrogen (secondary N) is 1. The van der Waals surface area contributed by atoms with Crippen LogP contribution in [0.1, 0.15) is 45.3 Å². The van der Waals surface area contributed by atoms with Crippen LogP contribution < -0.4 is 20.5 Å². The number of rotatable bonds is 11. The number of hydrogen-bond acceptors (Lipinski definition) is 9. The molecule has 2 aliphatic carbocycles. The number of hydrogen-bond donors (Lipinski definition) is 2. The molecule has 6 unspecified atom stereocenters. The zero-order valence-electron chi connectivity index (χ0n) is 28.8. The summed E-state index contributed by atoms with van der Waals surface area (Å²) in [5, 5.41) is 14.4. The fourth-order valence-electron chi connectivity index (χ4n) is 9.07. The van der Waals surface area contributed by atoms with Gasteiger partial charge >= 0.3 is 5.69 Å². The van der Waals surface area contributed by atoms with Gasteiger partial charge < -0.3 is 34.1 Å². The first kappa shape index (κ1) is 32.6. The van der Waals surface area contributed by atoms with Gasteiger partial charge in [0, 0.05) is 35.1 Å². The van der Waals surface area contributed by atoms with Crippen LogP contribution in [0, 0.1) is 18.3 Å². The molecule has 6 atom stereocenters. The Morgan fingerprint density at radius 3 is 2.02 bits per heavy atom. The number of ether oxygens (including phenoxy) is 5. The zero-order chi connectivity index (χ0) is 35.9. The average molecular weight is 700 g/mol. The molecule has 4 aliphatic rings. The molecule has 52 heavy (non-hydrogen) atoms. The third-order valence-corrected chi connectivity index (χ3v) is 11.5. The van der Waals surface area contributed by atoms with Crippen LogP contribution in [0.5, 0.6) is 11.5 Å². The Hall–Kier alpha value is -5.33. The van der Waals surface area contributed by atoms with E-state index in [0.717, 1.165) is 28.2 Å². The summed E-state index contributed by atoms with van der Waals surface area (Å²) in [6.45, 7) is 2.01. The predicted octanol–water partition coefficient (Wildman–Crippen LogP) is 5.20. The first-order valence-corrected chi connectivity index (χ1v) is 17.2. The molecule has 264 valence electrons. The predicted molar refractivity (Wildman–Crippen MR) is 189 cm³/mol. The van der Waals surface area contributed by atoms with Crippen LogP contribution in [0.15, 0.2) is 120 Å². The minimum Gasteiger partial charge on any atom is -0.497 e. The molecule has 2 aliphatic heterocycles. The molecule has 11 nitrogen and oxygen atoms in total. The van der Waals surface area contributed by atoms with Crippen molar-refractivity contribution in [3.8, 4) is 11.5 Å². The van der Waals surface area contributed by atoms with Crippen molar-refractivity contribution in [3.05, 3.63) is 154 Å². The van der Waals surface area contributed by atoms with Crippen molar-refractivity contribution in [1.82, 2.24) is 9.55 Å². The molecule has 9 rings (SSSR count). The molecule has 2 bridgehead atoms. The van der Waals surface area contributed by atoms with Crippen molar-refractivity contribution in [2.75, 3.05) is 26.1 Å². The molecule has 11 heteroatoms. The highest BCUT2D eigenvalue weighted by Crippen LogP contribution is 2.91. The highest BCUT2D eigenvalue weighted by atomic mass is 16.7. The third-order valence-electron chi connectivity index (χ3n) is 11.5. The first-order chi connectivity index (χ1) is 25.2. The van der Waals surface area contributed by atoms with Crippen LogP contribution in [-0.4, -0.2) is 58.9 Å². The van der Waals surface area contributed by atoms with E-state index < -0.39 is 40.4 Å². The maximum atomic E-state index is 13.4. The number of methoxy groups -OCH3 is 2. The van der Waals surface area contributed by atoms with E-state index in [9.17, 15) is 14.7 Å². The first-order valence-electron chi connectivity index (χ1n) is 17.2. The molecule has 2 saturated carbocycles. The molecule has 0 radical (unpaired) electrons. The lowest BCUT2D eigenvalue weighted by Gasteiger charge is -2.55. The van der Waals surface area contributed by atoms with E-state index in [4.69, 9.17) is 23.7 Å². The van der Waals surface area contributed by atoms with E-state index in [-0.39, 0.29) is 24.2 Å². The normalized spacial score (nSPS) is 27.7. The van der Waals surface area contributed by atoms with Gasteiger partial charge in [0.15, 0.2) is 12.0 Å². The molecule has 4 fully saturated rings. The lowest BCUT2D eigenvalue weighted by atomic mass is 9.73. The summed E-state index contributed by atoms with van der Waals surface area (Å²) in [4.78, 5) is 30.4. The second-order valence-electron chi connectivity index (χ2n) is 14.0. The molecule has 1 amide bonds. The van der Waals surface area contributed by atoms with Gasteiger partial charge in [-0.1, -0.05) is 72.8 Å². The Morgan fingerprint density at radius 1 is 0.885 bits per heavy atom. The Kier molecular flexibility index (Phi) is 7.26. The van der Waals surface area contributed by atoms with Crippen LogP contribution in [0.2, 0.25) is 0 Å². The van der Waals surface area contributed by atoms with E-state index in [0.29, 0.717) is 17.5 Å². The number of nitrogens with zero attached hydrogens (tertiary/aromatic N) is 2. The number of anilines is 1. The largest absolute Gasteiger partial charge is 0.497 e. The molecule has 2 N–H and O–H groups in total. The van der Waals surface area contributed by atoms with Gasteiger partial charge in [0.05, 0.1) is 20.8 Å². The topological polar surface area (TPSA) is 130 Å². The van der Waals surface area contributed by atoms with Crippen LogP contribution >= 0.6 is 0 Å². The summed E-state index contributed by atoms with van der Waals surface area (Å²) in [7, 11) is 3.27. The minimum absolute atomic E-state index is 0.170. The fraction of sp³-hybridized carbons (Fsp3) is 0.293. The molecular formula is C41H37N3O8. The Bertz CT molecular complexity index is 2180. The number of aliphatic hydroxyl groups is 1. The van der Waals surface area contributed by atoms with Gasteiger partial charge in [0.25, 0.3) is 5.91 Å². The third kappa shape index (κ3) is 4.37. The van der Waals surface area contributed by atoms with Gasteiger partial charge in [0.2, 0.25) is 0 Å². The van der Waals surface area contributed by atoms with Gasteiger partial charge in [-0.3, -0.25) is 9.36 Å². The fourth-order valence-corrected chi connectivity index (χ4v) is 9.07. The summed E-state index contributed by atoms with van der Waals surface area (Å²) in [5.74, 6) is -0.470. The highest BCUT2D eigenvalue weighted by molar-refractivity contribution is 6.04. The van der Waals surface area contributed by atoms with Gasteiger partial charge in [0.1, 0.15) is 34.6 Å². The molecule has 3 heterocycles. The van der Waals surface area contributed by atoms with Crippen molar-refractivity contribution in [2.45, 2.75) is 42.7 Å². The van der Waals surface area contributed by atoms with Crippen molar-refractivity contribution < 1.29 is 33.6 Å². The van der Waals surface area contributed by atoms with Gasteiger partial charge in [-0.2, -0.15) is 4.98 Å². The lowest BCUT2D eigenvalue weighted by Crippen LogP contribution is -2.67. The molecular weight excluding hydrogens is 662 g/mol. The number of benzene rings is 4. The van der Waals surface area contributed by atoms with Crippen molar-refractivity contribution in [1.29, 1.82) is 0 Å². The summed E-state index contributed by atoms with van der Waals surface area (Å²) < 4.78 is 32.6. The maximum Gasteiger partial charge on any atom is 0.351 e. The van der Waals surface area contributed by atoms with Crippen LogP contribution in [0.4, 0.5) is 5.82 Å². The Balaban J connectivity index is 1.03. The Morgan fingerprint density at radius 2 is 1.46 bits per heavy atom. The van der Waals surface area contributed by atoms with E-state index >= 15 is 0 Å². The number of carbonyl (C=O) groups is 1. The second-order valence-corrected chi connectivity index (χ2v) is 14.0. The lowest BCUT2D eigenvalue weighted by molar-refractivity contribution is -0.409. The van der Waals surface area contributed by atoms with E-state index in [1.165, 1.54) is 4.57 Å². The summed E-state index contributed by atoms with van der Waals surface area (Å²) in [6.07, 6.45) is 0.533. The van der Waals surface area contributed by atoms with Crippen LogP contribution in [0.25, 0.3) is 0 Å². The standard InChI is InChI=1S/C41H37N3O8/c1-25-22-44(37(46)43-34(25)42-35(45)26-10-6-4-7-11-26)36-32-33-38(23-39(47,51-32)41(33,38)52-36)24-50-40(27-12-8-5-9-13-27,28-14-18-30(48-2)19-15-28)29-16-20-31(49-3)21-17-29/h4-22,32-33,36,47H,23-24H2,1-3H3,(H,42,43,45,46). The number of aromatic nitrogens is 2. The van der Waals surface area contributed by atoms with Gasteiger partial charge in [-0.25, -0.2) is 4.79 Å². The maximum absolute atomic E-state index is 13.4. The SMILES string of the molecule is COc1ccc(C(OCC23CC4(O)OC5C(n6cc(C)c(NC(=O)c7ccccc7)nc6=O)OC42C53)(c2ccccc2)c2ccc(OC)cc2)cc1. The van der Waals surface area contributed by atoms with Crippen molar-refractivity contribution in [2.24, 2.45) is 11.3 Å². The molecule has 1 spiro atoms. The number of carbonyl (C=O) groups excluding carboxylic acids is 1. The zero-order valence-corrected chi connectivity index (χ0v) is 28.8. The van der Waals surface area contributed by atoms with Crippen LogP contribution in [0.3, 0.4) is 0 Å². The van der Waals surface area contributed by atoms with E-state index in [1.54, 1.807) is 51.6 Å². The van der Waals surface area contributed by atoms with Gasteiger partial charge in [-0.05, 0) is 60.0 Å². The highest BCUT2D eigenvalue weighted by Gasteiger charge is 3.04. The van der Waals surface area contributed by atoms with Gasteiger partial charge in [-0.15, -0.1) is 0 Å². The molecule has 5 aromatic rings. The van der Waals surface area contributed by atoms with Crippen molar-refractivity contribution >= 4 is 11.7 Å². The van der Waals surface area contributed by atoms with Crippen molar-refractivity contribution in [3.63, 3.8) is 0 Å². The molecule has 2 saturated heterocycles. The number of amides is 1. The van der Waals surface area contributed by atoms with Crippen LogP contribution in [-0.2, 0) is 19.8 Å². The second kappa shape index (κ2) is 11.6. The van der Waals surface area contributed by atoms with E-state index in [1.807, 2.05) is 84.9 Å². The number of aryl methyl sites for hydroxylation is 1. The summed E-state index contributed by atoms with van der Waals surface area (Å²) in [6, 6.07) is 34.5. The van der Waals surface area contributed by atoms with E-state index in [2.05, 4.69) is 10.3 Å². The summed E-state index contributed by atoms with van der Waals surface area (Å²) in [5.41, 5.74) is 0.501. The average Bonchev–Trinajstić information content (AvgIpc) is 3.35. The smallest absolute Gasteiger partial charge is 0.351 e. The molecule has 4 aromatic carbocycles. The monoisotopic (exact) mass is 699 g/mol.